The van der Waals surface area contributed by atoms with Crippen molar-refractivity contribution < 1.29 is 14.3 Å². The number of piperazine rings is 1. The lowest BCUT2D eigenvalue weighted by molar-refractivity contribution is 0.0662. The topological polar surface area (TPSA) is 78.9 Å². The van der Waals surface area contributed by atoms with Gasteiger partial charge in [-0.1, -0.05) is 0 Å². The van der Waals surface area contributed by atoms with Gasteiger partial charge >= 0.3 is 0 Å². The molecule has 0 bridgehead atoms. The Balaban J connectivity index is 1.46. The van der Waals surface area contributed by atoms with Crippen LogP contribution >= 0.6 is 0 Å². The lowest BCUT2D eigenvalue weighted by Crippen LogP contribution is -2.47. The highest BCUT2D eigenvalue weighted by atomic mass is 16.5. The van der Waals surface area contributed by atoms with Gasteiger partial charge in [-0.15, -0.1) is 0 Å². The summed E-state index contributed by atoms with van der Waals surface area (Å²) < 4.78 is 5.07. The second-order valence-corrected chi connectivity index (χ2v) is 7.81. The minimum absolute atomic E-state index is 0.0193. The minimum Gasteiger partial charge on any atom is -0.481 e. The van der Waals surface area contributed by atoms with E-state index >= 15 is 0 Å². The molecule has 0 unspecified atom stereocenters. The molecule has 0 N–H and O–H groups in total. The number of aromatic nitrogens is 2. The van der Waals surface area contributed by atoms with Gasteiger partial charge in [0.05, 0.1) is 30.0 Å². The molecule has 2 amide bonds. The Morgan fingerprint density at radius 3 is 2.27 bits per heavy atom. The third-order valence-electron chi connectivity index (χ3n) is 5.87. The number of rotatable bonds is 4. The monoisotopic (exact) mass is 409 g/mol. The van der Waals surface area contributed by atoms with Crippen LogP contribution in [0.4, 0.5) is 0 Å². The number of carbonyl (C=O) groups excluding carboxylic acids is 2. The number of likely N-dealkylation sites (N-methyl/N-ethyl adjacent to an activating group) is 1. The van der Waals surface area contributed by atoms with Gasteiger partial charge in [0.1, 0.15) is 0 Å². The molecule has 30 heavy (non-hydrogen) atoms. The van der Waals surface area contributed by atoms with Crippen LogP contribution in [0, 0.1) is 0 Å². The minimum atomic E-state index is -0.0904. The van der Waals surface area contributed by atoms with E-state index in [1.807, 2.05) is 21.9 Å². The van der Waals surface area contributed by atoms with E-state index < -0.39 is 0 Å². The summed E-state index contributed by atoms with van der Waals surface area (Å²) in [5.41, 5.74) is 1.94. The number of methoxy groups -OCH3 is 1. The summed E-state index contributed by atoms with van der Waals surface area (Å²) in [4.78, 5) is 40.4. The van der Waals surface area contributed by atoms with Gasteiger partial charge in [-0.2, -0.15) is 0 Å². The van der Waals surface area contributed by atoms with E-state index in [2.05, 4.69) is 21.9 Å². The summed E-state index contributed by atoms with van der Waals surface area (Å²) in [5, 5.41) is 0. The van der Waals surface area contributed by atoms with E-state index in [9.17, 15) is 9.59 Å². The molecule has 4 heterocycles. The molecule has 2 aliphatic heterocycles. The quantitative estimate of drug-likeness (QED) is 0.767. The van der Waals surface area contributed by atoms with E-state index in [1.54, 1.807) is 31.6 Å². The molecular formula is C22H27N5O3. The molecule has 158 valence electrons. The van der Waals surface area contributed by atoms with E-state index in [-0.39, 0.29) is 17.9 Å². The first-order valence-electron chi connectivity index (χ1n) is 10.3. The van der Waals surface area contributed by atoms with Gasteiger partial charge in [0.15, 0.2) is 0 Å². The van der Waals surface area contributed by atoms with E-state index in [0.717, 1.165) is 44.7 Å². The number of carbonyl (C=O) groups is 2. The van der Waals surface area contributed by atoms with Crippen molar-refractivity contribution in [2.24, 2.45) is 0 Å². The first-order chi connectivity index (χ1) is 14.6. The zero-order chi connectivity index (χ0) is 21.1. The van der Waals surface area contributed by atoms with Crippen molar-refractivity contribution >= 4 is 11.8 Å². The average molecular weight is 409 g/mol. The highest BCUT2D eigenvalue weighted by Gasteiger charge is 2.32. The molecule has 8 nitrogen and oxygen atoms in total. The maximum Gasteiger partial charge on any atom is 0.255 e. The van der Waals surface area contributed by atoms with Crippen LogP contribution in [0.2, 0.25) is 0 Å². The van der Waals surface area contributed by atoms with E-state index in [0.29, 0.717) is 23.6 Å². The largest absolute Gasteiger partial charge is 0.481 e. The molecule has 1 atom stereocenters. The first kappa shape index (κ1) is 20.3. The Morgan fingerprint density at radius 1 is 0.933 bits per heavy atom. The van der Waals surface area contributed by atoms with Crippen LogP contribution in [0.25, 0.3) is 0 Å². The summed E-state index contributed by atoms with van der Waals surface area (Å²) in [6.45, 7) is 3.92. The molecule has 2 aromatic heterocycles. The SMILES string of the molecule is COc1ccc(C(=O)N2CCC[C@H]2c2ccc(C(=O)N3CCN(C)CC3)cn2)cn1. The van der Waals surface area contributed by atoms with Crippen LogP contribution in [0.15, 0.2) is 36.7 Å². The zero-order valence-corrected chi connectivity index (χ0v) is 17.5. The van der Waals surface area contributed by atoms with Crippen molar-refractivity contribution in [3.8, 4) is 5.88 Å². The van der Waals surface area contributed by atoms with Crippen molar-refractivity contribution in [3.05, 3.63) is 53.5 Å². The smallest absolute Gasteiger partial charge is 0.255 e. The Labute approximate surface area is 176 Å². The number of hydrogen-bond donors (Lipinski definition) is 0. The molecule has 2 fully saturated rings. The van der Waals surface area contributed by atoms with Gasteiger partial charge in [-0.3, -0.25) is 14.6 Å². The highest BCUT2D eigenvalue weighted by Crippen LogP contribution is 2.32. The Hall–Kier alpha value is -3.00. The number of hydrogen-bond acceptors (Lipinski definition) is 6. The van der Waals surface area contributed by atoms with Crippen LogP contribution < -0.4 is 4.74 Å². The van der Waals surface area contributed by atoms with Crippen molar-refractivity contribution in [2.45, 2.75) is 18.9 Å². The second kappa shape index (κ2) is 8.79. The molecular weight excluding hydrogens is 382 g/mol. The third kappa shape index (κ3) is 4.14. The Kier molecular flexibility index (Phi) is 5.94. The van der Waals surface area contributed by atoms with Gasteiger partial charge in [-0.05, 0) is 38.1 Å². The predicted molar refractivity (Wildman–Crippen MR) is 111 cm³/mol. The summed E-state index contributed by atoms with van der Waals surface area (Å²) in [6, 6.07) is 7.04. The maximum absolute atomic E-state index is 13.0. The zero-order valence-electron chi connectivity index (χ0n) is 17.5. The van der Waals surface area contributed by atoms with Gasteiger partial charge in [0, 0.05) is 51.2 Å². The lowest BCUT2D eigenvalue weighted by Gasteiger charge is -2.32. The fourth-order valence-electron chi connectivity index (χ4n) is 4.03. The number of pyridine rings is 2. The van der Waals surface area contributed by atoms with Crippen molar-refractivity contribution in [1.82, 2.24) is 24.7 Å². The molecule has 4 rings (SSSR count). The molecule has 0 radical (unpaired) electrons. The van der Waals surface area contributed by atoms with E-state index in [4.69, 9.17) is 4.74 Å². The molecule has 0 saturated carbocycles. The Morgan fingerprint density at radius 2 is 1.63 bits per heavy atom. The van der Waals surface area contributed by atoms with Crippen molar-refractivity contribution in [1.29, 1.82) is 0 Å². The fraction of sp³-hybridized carbons (Fsp3) is 0.455. The van der Waals surface area contributed by atoms with Crippen LogP contribution in [0.5, 0.6) is 5.88 Å². The maximum atomic E-state index is 13.0. The van der Waals surface area contributed by atoms with Gasteiger partial charge in [-0.25, -0.2) is 4.98 Å². The van der Waals surface area contributed by atoms with Crippen LogP contribution in [-0.2, 0) is 0 Å². The highest BCUT2D eigenvalue weighted by molar-refractivity contribution is 5.95. The van der Waals surface area contributed by atoms with Crippen LogP contribution in [0.3, 0.4) is 0 Å². The molecule has 8 heteroatoms. The number of nitrogens with zero attached hydrogens (tertiary/aromatic N) is 5. The molecule has 2 saturated heterocycles. The summed E-state index contributed by atoms with van der Waals surface area (Å²) in [7, 11) is 3.61. The van der Waals surface area contributed by atoms with Crippen LogP contribution in [-0.4, -0.2) is 83.4 Å². The van der Waals surface area contributed by atoms with Gasteiger partial charge < -0.3 is 19.4 Å². The summed E-state index contributed by atoms with van der Waals surface area (Å²) in [5.74, 6) is 0.435. The van der Waals surface area contributed by atoms with Crippen molar-refractivity contribution in [2.75, 3.05) is 46.9 Å². The standard InChI is InChI=1S/C22H27N5O3/c1-25-10-12-26(13-11-25)21(28)16-5-7-18(23-14-16)19-4-3-9-27(19)22(29)17-6-8-20(30-2)24-15-17/h5-8,14-15,19H,3-4,9-13H2,1-2H3/t19-/m0/s1. The number of amides is 2. The predicted octanol–water partition coefficient (Wildman–Crippen LogP) is 1.85. The molecule has 0 spiro atoms. The van der Waals surface area contributed by atoms with Crippen molar-refractivity contribution in [3.63, 3.8) is 0 Å². The number of ether oxygens (including phenoxy) is 1. The van der Waals surface area contributed by atoms with E-state index in [1.165, 1.54) is 0 Å². The Bertz CT molecular complexity index is 892. The third-order valence-corrected chi connectivity index (χ3v) is 5.87. The molecule has 2 aliphatic rings. The normalized spacial score (nSPS) is 19.7. The molecule has 0 aromatic carbocycles. The number of likely N-dealkylation sites (tertiary alicyclic amines) is 1. The molecule has 2 aromatic rings. The summed E-state index contributed by atoms with van der Waals surface area (Å²) >= 11 is 0. The second-order valence-electron chi connectivity index (χ2n) is 7.81. The summed E-state index contributed by atoms with van der Waals surface area (Å²) in [6.07, 6.45) is 4.96. The van der Waals surface area contributed by atoms with Gasteiger partial charge in [0.2, 0.25) is 5.88 Å². The average Bonchev–Trinajstić information content (AvgIpc) is 3.29. The first-order valence-corrected chi connectivity index (χ1v) is 10.3. The molecule has 0 aliphatic carbocycles. The lowest BCUT2D eigenvalue weighted by atomic mass is 10.1. The van der Waals surface area contributed by atoms with Gasteiger partial charge in [0.25, 0.3) is 11.8 Å². The van der Waals surface area contributed by atoms with Crippen LogP contribution in [0.1, 0.15) is 45.3 Å². The fourth-order valence-corrected chi connectivity index (χ4v) is 4.03.